The van der Waals surface area contributed by atoms with Crippen molar-refractivity contribution in [2.45, 2.75) is 56.8 Å². The predicted octanol–water partition coefficient (Wildman–Crippen LogP) is 3.16. The Bertz CT molecular complexity index is 602. The molecule has 0 radical (unpaired) electrons. The van der Waals surface area contributed by atoms with E-state index in [0.717, 1.165) is 44.6 Å². The van der Waals surface area contributed by atoms with Crippen molar-refractivity contribution in [3.05, 3.63) is 29.8 Å². The van der Waals surface area contributed by atoms with Crippen molar-refractivity contribution in [3.8, 4) is 5.75 Å². The average Bonchev–Trinajstić information content (AvgIpc) is 2.74. The van der Waals surface area contributed by atoms with Crippen LogP contribution >= 0.6 is 0 Å². The monoisotopic (exact) mass is 374 g/mol. The van der Waals surface area contributed by atoms with Gasteiger partial charge in [0, 0.05) is 31.6 Å². The smallest absolute Gasteiger partial charge is 0.220 e. The highest BCUT2D eigenvalue weighted by molar-refractivity contribution is 5.77. The summed E-state index contributed by atoms with van der Waals surface area (Å²) in [6.45, 7) is 2.73. The third-order valence-corrected chi connectivity index (χ3v) is 6.66. The summed E-state index contributed by atoms with van der Waals surface area (Å²) in [5.41, 5.74) is 7.25. The van der Waals surface area contributed by atoms with Gasteiger partial charge in [-0.2, -0.15) is 0 Å². The number of methoxy groups -OCH3 is 1. The first-order chi connectivity index (χ1) is 13.1. The van der Waals surface area contributed by atoms with Crippen LogP contribution in [-0.2, 0) is 14.9 Å². The summed E-state index contributed by atoms with van der Waals surface area (Å²) in [4.78, 5) is 12.8. The molecular weight excluding hydrogens is 340 g/mol. The van der Waals surface area contributed by atoms with Gasteiger partial charge in [0.15, 0.2) is 0 Å². The Morgan fingerprint density at radius 2 is 1.78 bits per heavy atom. The average molecular weight is 375 g/mol. The number of rotatable bonds is 7. The van der Waals surface area contributed by atoms with Crippen LogP contribution in [0, 0.1) is 5.41 Å². The first kappa shape index (κ1) is 20.2. The van der Waals surface area contributed by atoms with E-state index in [4.69, 9.17) is 15.2 Å². The molecule has 5 heteroatoms. The van der Waals surface area contributed by atoms with E-state index in [0.29, 0.717) is 19.5 Å². The fourth-order valence-electron chi connectivity index (χ4n) is 4.70. The maximum atomic E-state index is 12.8. The number of benzene rings is 1. The lowest BCUT2D eigenvalue weighted by atomic mass is 9.71. The Hall–Kier alpha value is -1.59. The number of ether oxygens (including phenoxy) is 2. The van der Waals surface area contributed by atoms with Gasteiger partial charge in [-0.25, -0.2) is 0 Å². The highest BCUT2D eigenvalue weighted by atomic mass is 16.5. The van der Waals surface area contributed by atoms with E-state index in [9.17, 15) is 4.79 Å². The summed E-state index contributed by atoms with van der Waals surface area (Å²) in [7, 11) is 1.68. The lowest BCUT2D eigenvalue weighted by Crippen LogP contribution is -2.46. The topological polar surface area (TPSA) is 73.6 Å². The van der Waals surface area contributed by atoms with Gasteiger partial charge in [-0.3, -0.25) is 4.79 Å². The fraction of sp³-hybridized carbons (Fsp3) is 0.682. The minimum absolute atomic E-state index is 0.00524. The Labute approximate surface area is 163 Å². The van der Waals surface area contributed by atoms with E-state index in [1.54, 1.807) is 7.11 Å². The molecule has 3 N–H and O–H groups in total. The van der Waals surface area contributed by atoms with Crippen LogP contribution in [0.3, 0.4) is 0 Å². The highest BCUT2D eigenvalue weighted by Gasteiger charge is 2.37. The first-order valence-electron chi connectivity index (χ1n) is 10.3. The molecule has 0 bridgehead atoms. The molecule has 27 heavy (non-hydrogen) atoms. The van der Waals surface area contributed by atoms with Crippen LogP contribution in [0.4, 0.5) is 0 Å². The van der Waals surface area contributed by atoms with Crippen LogP contribution in [0.5, 0.6) is 5.75 Å². The molecule has 0 aromatic heterocycles. The molecule has 3 rings (SSSR count). The van der Waals surface area contributed by atoms with Crippen LogP contribution < -0.4 is 15.8 Å². The second-order valence-corrected chi connectivity index (χ2v) is 8.34. The number of amides is 1. The number of carbonyl (C=O) groups excluding carboxylic acids is 1. The summed E-state index contributed by atoms with van der Waals surface area (Å²) < 4.78 is 10.9. The quantitative estimate of drug-likeness (QED) is 0.769. The summed E-state index contributed by atoms with van der Waals surface area (Å²) in [6.07, 6.45) is 8.20. The van der Waals surface area contributed by atoms with Crippen molar-refractivity contribution in [2.24, 2.45) is 11.1 Å². The fourth-order valence-corrected chi connectivity index (χ4v) is 4.70. The molecule has 1 aromatic rings. The third kappa shape index (κ3) is 4.82. The van der Waals surface area contributed by atoms with Gasteiger partial charge in [0.2, 0.25) is 5.91 Å². The predicted molar refractivity (Wildman–Crippen MR) is 107 cm³/mol. The van der Waals surface area contributed by atoms with Gasteiger partial charge in [0.05, 0.1) is 7.11 Å². The van der Waals surface area contributed by atoms with Gasteiger partial charge in [-0.1, -0.05) is 31.4 Å². The molecule has 1 aliphatic carbocycles. The molecule has 5 nitrogen and oxygen atoms in total. The van der Waals surface area contributed by atoms with Crippen molar-refractivity contribution >= 4 is 5.91 Å². The second-order valence-electron chi connectivity index (χ2n) is 8.34. The van der Waals surface area contributed by atoms with Crippen molar-refractivity contribution < 1.29 is 14.3 Å². The number of hydrogen-bond donors (Lipinski definition) is 2. The molecule has 2 fully saturated rings. The number of carbonyl (C=O) groups is 1. The number of nitrogens with one attached hydrogen (secondary N) is 1. The van der Waals surface area contributed by atoms with Gasteiger partial charge in [-0.05, 0) is 55.3 Å². The van der Waals surface area contributed by atoms with Crippen LogP contribution in [-0.4, -0.2) is 39.3 Å². The largest absolute Gasteiger partial charge is 0.497 e. The first-order valence-corrected chi connectivity index (χ1v) is 10.3. The lowest BCUT2D eigenvalue weighted by Gasteiger charge is -2.39. The van der Waals surface area contributed by atoms with Gasteiger partial charge < -0.3 is 20.5 Å². The van der Waals surface area contributed by atoms with Crippen molar-refractivity contribution in [3.63, 3.8) is 0 Å². The number of nitrogens with two attached hydrogens (primary N) is 1. The zero-order valence-electron chi connectivity index (χ0n) is 16.6. The molecule has 0 unspecified atom stereocenters. The van der Waals surface area contributed by atoms with Gasteiger partial charge >= 0.3 is 0 Å². The van der Waals surface area contributed by atoms with Gasteiger partial charge in [-0.15, -0.1) is 0 Å². The van der Waals surface area contributed by atoms with Crippen LogP contribution in [0.15, 0.2) is 24.3 Å². The Morgan fingerprint density at radius 1 is 1.11 bits per heavy atom. The van der Waals surface area contributed by atoms with E-state index in [2.05, 4.69) is 17.4 Å². The molecule has 1 saturated carbocycles. The zero-order chi connectivity index (χ0) is 19.2. The molecule has 150 valence electrons. The molecule has 1 amide bonds. The third-order valence-electron chi connectivity index (χ3n) is 6.66. The Morgan fingerprint density at radius 3 is 2.37 bits per heavy atom. The van der Waals surface area contributed by atoms with Crippen molar-refractivity contribution in [1.29, 1.82) is 0 Å². The van der Waals surface area contributed by atoms with Crippen LogP contribution in [0.25, 0.3) is 0 Å². The number of hydrogen-bond acceptors (Lipinski definition) is 4. The molecule has 1 aromatic carbocycles. The summed E-state index contributed by atoms with van der Waals surface area (Å²) in [5, 5.41) is 3.25. The van der Waals surface area contributed by atoms with Crippen LogP contribution in [0.2, 0.25) is 0 Å². The van der Waals surface area contributed by atoms with E-state index < -0.39 is 0 Å². The minimum atomic E-state index is -0.0668. The Kier molecular flexibility index (Phi) is 6.77. The summed E-state index contributed by atoms with van der Waals surface area (Å²) in [6, 6.07) is 8.25. The zero-order valence-corrected chi connectivity index (χ0v) is 16.6. The molecule has 0 spiro atoms. The molecule has 1 heterocycles. The second kappa shape index (κ2) is 9.07. The molecular formula is C22H34N2O3. The van der Waals surface area contributed by atoms with E-state index in [1.807, 2.05) is 12.1 Å². The van der Waals surface area contributed by atoms with E-state index in [1.165, 1.54) is 24.8 Å². The van der Waals surface area contributed by atoms with Crippen molar-refractivity contribution in [2.75, 3.05) is 33.4 Å². The Balaban J connectivity index is 1.66. The molecule has 1 saturated heterocycles. The maximum absolute atomic E-state index is 12.8. The normalized spacial score (nSPS) is 21.4. The molecule has 0 atom stereocenters. The van der Waals surface area contributed by atoms with Gasteiger partial charge in [0.25, 0.3) is 0 Å². The van der Waals surface area contributed by atoms with Crippen molar-refractivity contribution in [1.82, 2.24) is 5.32 Å². The van der Waals surface area contributed by atoms with Gasteiger partial charge in [0.1, 0.15) is 5.75 Å². The minimum Gasteiger partial charge on any atom is -0.497 e. The van der Waals surface area contributed by atoms with Crippen LogP contribution in [0.1, 0.15) is 56.9 Å². The van der Waals surface area contributed by atoms with E-state index >= 15 is 0 Å². The lowest BCUT2D eigenvalue weighted by molar-refractivity contribution is -0.124. The standard InChI is InChI=1S/C22H34N2O3/c1-26-19-7-5-18(6-8-19)22(11-13-27-14-12-22)17-24-20(25)15-21(16-23)9-3-2-4-10-21/h5-8H,2-4,9-17,23H2,1H3,(H,24,25). The highest BCUT2D eigenvalue weighted by Crippen LogP contribution is 2.39. The SMILES string of the molecule is COc1ccc(C2(CNC(=O)CC3(CN)CCCCC3)CCOCC2)cc1. The van der Waals surface area contributed by atoms with E-state index in [-0.39, 0.29) is 16.7 Å². The summed E-state index contributed by atoms with van der Waals surface area (Å²) in [5.74, 6) is 0.994. The summed E-state index contributed by atoms with van der Waals surface area (Å²) >= 11 is 0. The molecule has 2 aliphatic rings. The maximum Gasteiger partial charge on any atom is 0.220 e. The molecule has 1 aliphatic heterocycles.